The molecule has 1 N–H and O–H groups in total. The number of likely N-dealkylation sites (N-methyl/N-ethyl adjacent to an activating group) is 1. The maximum Gasteiger partial charge on any atom is 0.417 e. The van der Waals surface area contributed by atoms with Crippen LogP contribution in [0.1, 0.15) is 25.3 Å². The maximum atomic E-state index is 13.5. The molecule has 4 saturated heterocycles. The molecule has 0 aliphatic carbocycles. The number of carbonyl (C=O) groups is 2. The molecular formula is C20H20ClF3N2O5. The van der Waals surface area contributed by atoms with Gasteiger partial charge in [-0.15, -0.1) is 0 Å². The molecule has 0 aromatic heterocycles. The van der Waals surface area contributed by atoms with Gasteiger partial charge in [0, 0.05) is 25.6 Å². The molecule has 11 heteroatoms. The predicted octanol–water partition coefficient (Wildman–Crippen LogP) is 3.59. The summed E-state index contributed by atoms with van der Waals surface area (Å²) >= 11 is 5.75. The maximum absolute atomic E-state index is 13.5. The normalized spacial score (nSPS) is 38.5. The van der Waals surface area contributed by atoms with Crippen molar-refractivity contribution in [2.24, 2.45) is 11.8 Å². The molecule has 4 aliphatic rings. The van der Waals surface area contributed by atoms with E-state index >= 15 is 0 Å². The van der Waals surface area contributed by atoms with Gasteiger partial charge in [0.1, 0.15) is 6.23 Å². The highest BCUT2D eigenvalue weighted by atomic mass is 35.5. The van der Waals surface area contributed by atoms with Gasteiger partial charge >= 0.3 is 12.3 Å². The molecule has 7 nitrogen and oxygen atoms in total. The molecule has 0 radical (unpaired) electrons. The number of benzene rings is 1. The van der Waals surface area contributed by atoms with Gasteiger partial charge in [0.2, 0.25) is 5.91 Å². The van der Waals surface area contributed by atoms with Crippen LogP contribution in [0.3, 0.4) is 0 Å². The number of fused-ring (bicyclic) bond motifs is 2. The zero-order valence-corrected chi connectivity index (χ0v) is 17.4. The smallest absolute Gasteiger partial charge is 0.417 e. The molecule has 0 saturated carbocycles. The van der Waals surface area contributed by atoms with Crippen molar-refractivity contribution in [3.05, 3.63) is 28.8 Å². The Labute approximate surface area is 180 Å². The number of alkyl halides is 3. The minimum absolute atomic E-state index is 0.0457. The standard InChI is InChI=1S/C20H20ClF3N2O5/c1-18-8-12(25(2)17(28)29)19(31-18)5-6-30-16-14(19)13(18)15(27)26(16)9-3-4-11(21)10(7-9)20(22,23)24/h3-4,7,12-14,16H,5-6,8H2,1-2H3,(H,28,29)/t12-,13+,14-,16-,18+,19-/m0/s1. The summed E-state index contributed by atoms with van der Waals surface area (Å²) in [7, 11) is 1.47. The topological polar surface area (TPSA) is 79.3 Å². The molecule has 2 bridgehead atoms. The Morgan fingerprint density at radius 2 is 2.10 bits per heavy atom. The van der Waals surface area contributed by atoms with Crippen LogP contribution in [-0.4, -0.2) is 59.1 Å². The quantitative estimate of drug-likeness (QED) is 0.729. The summed E-state index contributed by atoms with van der Waals surface area (Å²) in [5, 5.41) is 9.09. The highest BCUT2D eigenvalue weighted by Gasteiger charge is 2.79. The van der Waals surface area contributed by atoms with Crippen LogP contribution in [-0.2, 0) is 20.4 Å². The van der Waals surface area contributed by atoms with Gasteiger partial charge in [0.05, 0.1) is 46.3 Å². The number of halogens is 4. The lowest BCUT2D eigenvalue weighted by atomic mass is 9.63. The van der Waals surface area contributed by atoms with Gasteiger partial charge in [0.25, 0.3) is 0 Å². The van der Waals surface area contributed by atoms with E-state index in [9.17, 15) is 27.9 Å². The average Bonchev–Trinajstić information content (AvgIpc) is 3.25. The largest absolute Gasteiger partial charge is 0.465 e. The summed E-state index contributed by atoms with van der Waals surface area (Å²) in [6, 6.07) is 2.87. The van der Waals surface area contributed by atoms with E-state index in [0.29, 0.717) is 12.8 Å². The van der Waals surface area contributed by atoms with E-state index in [-0.39, 0.29) is 18.2 Å². The van der Waals surface area contributed by atoms with E-state index < -0.39 is 58.2 Å². The van der Waals surface area contributed by atoms with Gasteiger partial charge in [-0.3, -0.25) is 9.69 Å². The number of carboxylic acid groups (broad SMARTS) is 1. The first-order valence-corrected chi connectivity index (χ1v) is 10.3. The van der Waals surface area contributed by atoms with Crippen LogP contribution in [0.5, 0.6) is 0 Å². The van der Waals surface area contributed by atoms with E-state index in [1.54, 1.807) is 6.92 Å². The molecule has 4 fully saturated rings. The number of rotatable bonds is 2. The number of amides is 2. The SMILES string of the molecule is CN(C(=O)O)[C@H]1C[C@@]2(C)O[C@@]13CCO[C@H]1[C@@H]3[C@@H]2C(=O)N1c1ccc(Cl)c(C(F)(F)F)c1. The van der Waals surface area contributed by atoms with Crippen molar-refractivity contribution in [2.75, 3.05) is 18.6 Å². The fraction of sp³-hybridized carbons (Fsp3) is 0.600. The zero-order chi connectivity index (χ0) is 22.5. The van der Waals surface area contributed by atoms with E-state index in [2.05, 4.69) is 0 Å². The van der Waals surface area contributed by atoms with E-state index in [1.165, 1.54) is 22.9 Å². The molecule has 6 atom stereocenters. The molecule has 2 amide bonds. The van der Waals surface area contributed by atoms with E-state index in [0.717, 1.165) is 12.1 Å². The third-order valence-corrected chi connectivity index (χ3v) is 7.65. The summed E-state index contributed by atoms with van der Waals surface area (Å²) in [6.07, 6.45) is -5.90. The summed E-state index contributed by atoms with van der Waals surface area (Å²) in [6.45, 7) is 1.96. The van der Waals surface area contributed by atoms with Crippen LogP contribution in [0.25, 0.3) is 0 Å². The van der Waals surface area contributed by atoms with Gasteiger partial charge in [-0.25, -0.2) is 4.79 Å². The lowest BCUT2D eigenvalue weighted by Crippen LogP contribution is -2.61. The summed E-state index contributed by atoms with van der Waals surface area (Å²) in [5.74, 6) is -1.52. The Morgan fingerprint density at radius 3 is 2.74 bits per heavy atom. The van der Waals surface area contributed by atoms with Crippen LogP contribution >= 0.6 is 11.6 Å². The number of hydrogen-bond donors (Lipinski definition) is 1. The van der Waals surface area contributed by atoms with Crippen molar-refractivity contribution in [3.63, 3.8) is 0 Å². The molecule has 168 valence electrons. The van der Waals surface area contributed by atoms with E-state index in [4.69, 9.17) is 21.1 Å². The van der Waals surface area contributed by atoms with Crippen molar-refractivity contribution in [1.29, 1.82) is 0 Å². The first-order valence-electron chi connectivity index (χ1n) is 9.88. The summed E-state index contributed by atoms with van der Waals surface area (Å²) in [4.78, 5) is 27.6. The number of ether oxygens (including phenoxy) is 2. The van der Waals surface area contributed by atoms with Crippen molar-refractivity contribution in [2.45, 2.75) is 49.4 Å². The van der Waals surface area contributed by atoms with Crippen molar-refractivity contribution in [3.8, 4) is 0 Å². The highest BCUT2D eigenvalue weighted by Crippen LogP contribution is 2.66. The zero-order valence-electron chi connectivity index (χ0n) is 16.6. The Morgan fingerprint density at radius 1 is 1.39 bits per heavy atom. The highest BCUT2D eigenvalue weighted by molar-refractivity contribution is 6.31. The van der Waals surface area contributed by atoms with Crippen LogP contribution in [0, 0.1) is 11.8 Å². The van der Waals surface area contributed by atoms with Gasteiger partial charge in [-0.05, 0) is 25.1 Å². The van der Waals surface area contributed by atoms with Gasteiger partial charge in [0.15, 0.2) is 0 Å². The molecule has 4 heterocycles. The first-order chi connectivity index (χ1) is 14.4. The fourth-order valence-corrected chi connectivity index (χ4v) is 6.38. The van der Waals surface area contributed by atoms with E-state index in [1.807, 2.05) is 0 Å². The van der Waals surface area contributed by atoms with Crippen LogP contribution in [0.15, 0.2) is 18.2 Å². The van der Waals surface area contributed by atoms with Crippen molar-refractivity contribution < 1.29 is 37.3 Å². The fourth-order valence-electron chi connectivity index (χ4n) is 6.15. The molecule has 31 heavy (non-hydrogen) atoms. The third kappa shape index (κ3) is 2.61. The van der Waals surface area contributed by atoms with Crippen molar-refractivity contribution in [1.82, 2.24) is 4.90 Å². The van der Waals surface area contributed by atoms with Crippen LogP contribution in [0.4, 0.5) is 23.7 Å². The Hall–Kier alpha value is -2.04. The number of hydrogen-bond acceptors (Lipinski definition) is 4. The van der Waals surface area contributed by atoms with Gasteiger partial charge < -0.3 is 19.5 Å². The second-order valence-corrected chi connectivity index (χ2v) is 9.28. The molecule has 1 aromatic carbocycles. The van der Waals surface area contributed by atoms with Crippen molar-refractivity contribution >= 4 is 29.3 Å². The summed E-state index contributed by atoms with van der Waals surface area (Å²) in [5.41, 5.74) is -2.85. The number of anilines is 1. The average molecular weight is 461 g/mol. The predicted molar refractivity (Wildman–Crippen MR) is 102 cm³/mol. The van der Waals surface area contributed by atoms with Crippen LogP contribution in [0.2, 0.25) is 5.02 Å². The Balaban J connectivity index is 1.60. The van der Waals surface area contributed by atoms with Gasteiger partial charge in [-0.2, -0.15) is 13.2 Å². The lowest BCUT2D eigenvalue weighted by molar-refractivity contribution is -0.151. The Bertz CT molecular complexity index is 990. The monoisotopic (exact) mass is 460 g/mol. The molecular weight excluding hydrogens is 441 g/mol. The molecule has 1 aromatic rings. The summed E-state index contributed by atoms with van der Waals surface area (Å²) < 4.78 is 52.5. The first kappa shape index (κ1) is 20.8. The molecule has 4 aliphatic heterocycles. The van der Waals surface area contributed by atoms with Gasteiger partial charge in [-0.1, -0.05) is 11.6 Å². The second kappa shape index (κ2) is 6.26. The Kier molecular flexibility index (Phi) is 4.21. The minimum Gasteiger partial charge on any atom is -0.465 e. The van der Waals surface area contributed by atoms with Crippen LogP contribution < -0.4 is 4.90 Å². The third-order valence-electron chi connectivity index (χ3n) is 7.32. The molecule has 5 rings (SSSR count). The molecule has 0 unspecified atom stereocenters. The number of carbonyl (C=O) groups excluding carboxylic acids is 1. The molecule has 1 spiro atoms. The lowest BCUT2D eigenvalue weighted by Gasteiger charge is -2.47. The second-order valence-electron chi connectivity index (χ2n) is 8.87. The minimum atomic E-state index is -4.68. The number of nitrogens with zero attached hydrogens (tertiary/aromatic N) is 2.